The van der Waals surface area contributed by atoms with E-state index in [0.29, 0.717) is 39.1 Å². The summed E-state index contributed by atoms with van der Waals surface area (Å²) >= 11 is 0. The molecule has 4 rings (SSSR count). The maximum absolute atomic E-state index is 13.3. The first-order valence-electron chi connectivity index (χ1n) is 11.2. The van der Waals surface area contributed by atoms with Gasteiger partial charge in [-0.1, -0.05) is 24.3 Å². The third kappa shape index (κ3) is 4.98. The average Bonchev–Trinajstić information content (AvgIpc) is 3.16. The van der Waals surface area contributed by atoms with Crippen molar-refractivity contribution < 1.29 is 18.7 Å². The second-order valence-corrected chi connectivity index (χ2v) is 8.15. The van der Waals surface area contributed by atoms with Crippen molar-refractivity contribution in [2.45, 2.75) is 39.2 Å². The lowest BCUT2D eigenvalue weighted by atomic mass is 9.98. The van der Waals surface area contributed by atoms with E-state index in [0.717, 1.165) is 35.3 Å². The molecule has 7 heteroatoms. The number of halogens is 1. The van der Waals surface area contributed by atoms with Gasteiger partial charge in [0.15, 0.2) is 0 Å². The number of aromatic nitrogens is 2. The zero-order chi connectivity index (χ0) is 22.5. The lowest BCUT2D eigenvalue weighted by Crippen LogP contribution is -2.43. The largest absolute Gasteiger partial charge is 0.466 e. The molecule has 0 bridgehead atoms. The van der Waals surface area contributed by atoms with Gasteiger partial charge in [0, 0.05) is 32.5 Å². The number of esters is 1. The summed E-state index contributed by atoms with van der Waals surface area (Å²) in [6.07, 6.45) is 2.44. The topological polar surface area (TPSA) is 64.4 Å². The number of likely N-dealkylation sites (tertiary alicyclic amines) is 1. The highest BCUT2D eigenvalue weighted by Crippen LogP contribution is 2.22. The molecule has 1 amide bonds. The lowest BCUT2D eigenvalue weighted by molar-refractivity contribution is -0.151. The molecular formula is C25H28FN3O3. The van der Waals surface area contributed by atoms with Gasteiger partial charge in [-0.15, -0.1) is 0 Å². The molecule has 6 nitrogen and oxygen atoms in total. The predicted octanol–water partition coefficient (Wildman–Crippen LogP) is 3.96. The number of aryl methyl sites for hydroxylation is 1. The summed E-state index contributed by atoms with van der Waals surface area (Å²) in [5.41, 5.74) is 2.81. The van der Waals surface area contributed by atoms with Crippen molar-refractivity contribution in [3.8, 4) is 0 Å². The van der Waals surface area contributed by atoms with Crippen molar-refractivity contribution in [2.24, 2.45) is 5.92 Å². The van der Waals surface area contributed by atoms with Gasteiger partial charge in [0.05, 0.1) is 23.6 Å². The Hall–Kier alpha value is -3.22. The second kappa shape index (κ2) is 9.94. The normalized spacial score (nSPS) is 16.3. The van der Waals surface area contributed by atoms with Crippen molar-refractivity contribution in [3.63, 3.8) is 0 Å². The number of benzene rings is 2. The van der Waals surface area contributed by atoms with Gasteiger partial charge in [0.2, 0.25) is 5.91 Å². The number of amides is 1. The number of carbonyl (C=O) groups excluding carboxylic acids is 2. The van der Waals surface area contributed by atoms with E-state index in [9.17, 15) is 14.0 Å². The number of fused-ring (bicyclic) bond motifs is 1. The van der Waals surface area contributed by atoms with Crippen LogP contribution in [0.1, 0.15) is 37.6 Å². The number of rotatable bonds is 7. The number of carbonyl (C=O) groups is 2. The molecule has 2 aromatic carbocycles. The van der Waals surface area contributed by atoms with Gasteiger partial charge < -0.3 is 14.2 Å². The Labute approximate surface area is 187 Å². The standard InChI is InChI=1S/C25H28FN3O3/c1-2-32-25(31)19-6-5-14-28(17-19)24(30)13-15-29-22-8-4-3-7-21(22)27-23(29)16-18-9-11-20(26)12-10-18/h3-4,7-12,19H,2,5-6,13-17H2,1H3. The third-order valence-corrected chi connectivity index (χ3v) is 5.95. The van der Waals surface area contributed by atoms with Gasteiger partial charge in [-0.3, -0.25) is 9.59 Å². The quantitative estimate of drug-likeness (QED) is 0.525. The number of piperidine rings is 1. The lowest BCUT2D eigenvalue weighted by Gasteiger charge is -2.31. The Morgan fingerprint density at radius 2 is 1.94 bits per heavy atom. The zero-order valence-electron chi connectivity index (χ0n) is 18.3. The van der Waals surface area contributed by atoms with Crippen LogP contribution in [0.4, 0.5) is 4.39 Å². The van der Waals surface area contributed by atoms with Crippen molar-refractivity contribution in [2.75, 3.05) is 19.7 Å². The maximum atomic E-state index is 13.3. The van der Waals surface area contributed by atoms with Crippen LogP contribution in [0.25, 0.3) is 11.0 Å². The molecule has 0 saturated carbocycles. The summed E-state index contributed by atoms with van der Waals surface area (Å²) in [7, 11) is 0. The number of hydrogen-bond donors (Lipinski definition) is 0. The molecule has 1 aliphatic heterocycles. The molecule has 3 aromatic rings. The smallest absolute Gasteiger partial charge is 0.310 e. The first-order valence-corrected chi connectivity index (χ1v) is 11.2. The summed E-state index contributed by atoms with van der Waals surface area (Å²) in [4.78, 5) is 31.6. The Balaban J connectivity index is 1.48. The summed E-state index contributed by atoms with van der Waals surface area (Å²) in [6, 6.07) is 14.3. The van der Waals surface area contributed by atoms with E-state index in [1.165, 1.54) is 12.1 Å². The Kier molecular flexibility index (Phi) is 6.83. The number of nitrogens with zero attached hydrogens (tertiary/aromatic N) is 3. The molecule has 0 radical (unpaired) electrons. The highest BCUT2D eigenvalue weighted by molar-refractivity contribution is 5.79. The second-order valence-electron chi connectivity index (χ2n) is 8.15. The SMILES string of the molecule is CCOC(=O)C1CCCN(C(=O)CCn2c(Cc3ccc(F)cc3)nc3ccccc32)C1. The van der Waals surface area contributed by atoms with Crippen molar-refractivity contribution in [3.05, 3.63) is 65.7 Å². The number of ether oxygens (including phenoxy) is 1. The van der Waals surface area contributed by atoms with Crippen LogP contribution in [0.5, 0.6) is 0 Å². The Morgan fingerprint density at radius 1 is 1.16 bits per heavy atom. The van der Waals surface area contributed by atoms with Crippen molar-refractivity contribution >= 4 is 22.9 Å². The molecule has 0 N–H and O–H groups in total. The van der Waals surface area contributed by atoms with E-state index in [2.05, 4.69) is 4.57 Å². The Morgan fingerprint density at radius 3 is 2.72 bits per heavy atom. The monoisotopic (exact) mass is 437 g/mol. The fourth-order valence-corrected chi connectivity index (χ4v) is 4.32. The number of hydrogen-bond acceptors (Lipinski definition) is 4. The molecule has 32 heavy (non-hydrogen) atoms. The highest BCUT2D eigenvalue weighted by Gasteiger charge is 2.29. The van der Waals surface area contributed by atoms with Crippen LogP contribution in [-0.4, -0.2) is 46.0 Å². The van der Waals surface area contributed by atoms with Gasteiger partial charge in [-0.05, 0) is 49.6 Å². The van der Waals surface area contributed by atoms with Crippen LogP contribution in [0.2, 0.25) is 0 Å². The molecule has 1 unspecified atom stereocenters. The molecule has 1 fully saturated rings. The van der Waals surface area contributed by atoms with Gasteiger partial charge in [-0.2, -0.15) is 0 Å². The van der Waals surface area contributed by atoms with E-state index in [1.807, 2.05) is 24.3 Å². The van der Waals surface area contributed by atoms with Gasteiger partial charge >= 0.3 is 5.97 Å². The molecule has 0 aliphatic carbocycles. The van der Waals surface area contributed by atoms with Crippen LogP contribution in [-0.2, 0) is 27.3 Å². The minimum absolute atomic E-state index is 0.0320. The van der Waals surface area contributed by atoms with Crippen LogP contribution >= 0.6 is 0 Å². The van der Waals surface area contributed by atoms with E-state index in [4.69, 9.17) is 9.72 Å². The van der Waals surface area contributed by atoms with Gasteiger partial charge in [0.25, 0.3) is 0 Å². The van der Waals surface area contributed by atoms with E-state index in [1.54, 1.807) is 24.0 Å². The highest BCUT2D eigenvalue weighted by atomic mass is 19.1. The Bertz CT molecular complexity index is 1090. The molecular weight excluding hydrogens is 409 g/mol. The molecule has 0 spiro atoms. The van der Waals surface area contributed by atoms with Crippen molar-refractivity contribution in [1.82, 2.24) is 14.5 Å². The maximum Gasteiger partial charge on any atom is 0.310 e. The van der Waals surface area contributed by atoms with Crippen LogP contribution in [0, 0.1) is 11.7 Å². The zero-order valence-corrected chi connectivity index (χ0v) is 18.3. The summed E-state index contributed by atoms with van der Waals surface area (Å²) < 4.78 is 20.5. The predicted molar refractivity (Wildman–Crippen MR) is 119 cm³/mol. The van der Waals surface area contributed by atoms with Crippen molar-refractivity contribution in [1.29, 1.82) is 0 Å². The molecule has 1 atom stereocenters. The summed E-state index contributed by atoms with van der Waals surface area (Å²) in [6.45, 7) is 3.74. The first kappa shape index (κ1) is 22.0. The fraction of sp³-hybridized carbons (Fsp3) is 0.400. The minimum atomic E-state index is -0.268. The van der Waals surface area contributed by atoms with Crippen LogP contribution in [0.3, 0.4) is 0 Å². The van der Waals surface area contributed by atoms with E-state index >= 15 is 0 Å². The first-order chi connectivity index (χ1) is 15.5. The molecule has 2 heterocycles. The van der Waals surface area contributed by atoms with Crippen LogP contribution in [0.15, 0.2) is 48.5 Å². The number of para-hydroxylation sites is 2. The third-order valence-electron chi connectivity index (χ3n) is 5.95. The van der Waals surface area contributed by atoms with Gasteiger partial charge in [-0.25, -0.2) is 9.37 Å². The number of imidazole rings is 1. The molecule has 1 aliphatic rings. The van der Waals surface area contributed by atoms with Gasteiger partial charge in [0.1, 0.15) is 11.6 Å². The fourth-order valence-electron chi connectivity index (χ4n) is 4.32. The molecule has 1 aromatic heterocycles. The van der Waals surface area contributed by atoms with E-state index < -0.39 is 0 Å². The summed E-state index contributed by atoms with van der Waals surface area (Å²) in [5, 5.41) is 0. The molecule has 1 saturated heterocycles. The minimum Gasteiger partial charge on any atom is -0.466 e. The van der Waals surface area contributed by atoms with Crippen LogP contribution < -0.4 is 0 Å². The van der Waals surface area contributed by atoms with E-state index in [-0.39, 0.29) is 23.6 Å². The molecule has 168 valence electrons. The average molecular weight is 438 g/mol. The summed E-state index contributed by atoms with van der Waals surface area (Å²) in [5.74, 6) is 0.150.